The molecule has 0 fully saturated rings. The molecular weight excluding hydrogens is 530 g/mol. The van der Waals surface area contributed by atoms with E-state index in [0.29, 0.717) is 34.3 Å². The fourth-order valence-corrected chi connectivity index (χ4v) is 5.76. The molecule has 0 aliphatic heterocycles. The molecule has 6 rings (SSSR count). The van der Waals surface area contributed by atoms with E-state index in [4.69, 9.17) is 14.7 Å². The van der Waals surface area contributed by atoms with Crippen molar-refractivity contribution in [3.05, 3.63) is 114 Å². The molecule has 1 amide bonds. The number of hydrogen-bond donors (Lipinski definition) is 1. The van der Waals surface area contributed by atoms with E-state index >= 15 is 0 Å². The normalized spacial score (nSPS) is 11.9. The highest BCUT2D eigenvalue weighted by atomic mass is 32.1. The summed E-state index contributed by atoms with van der Waals surface area (Å²) in [6.07, 6.45) is -0.628. The molecule has 6 aromatic rings. The second kappa shape index (κ2) is 11.3. The predicted octanol–water partition coefficient (Wildman–Crippen LogP) is 8.06. The second-order valence-electron chi connectivity index (χ2n) is 9.80. The average molecular weight is 558 g/mol. The van der Waals surface area contributed by atoms with Gasteiger partial charge in [-0.25, -0.2) is 14.8 Å². The molecule has 1 N–H and O–H groups in total. The first-order chi connectivity index (χ1) is 20.0. The number of pyridine rings is 1. The Balaban J connectivity index is 1.19. The molecule has 0 bridgehead atoms. The number of rotatable bonds is 7. The fraction of sp³-hybridized carbons (Fsp3) is 0.118. The van der Waals surface area contributed by atoms with Crippen molar-refractivity contribution in [3.63, 3.8) is 0 Å². The minimum absolute atomic E-state index is 0.329. The predicted molar refractivity (Wildman–Crippen MR) is 165 cm³/mol. The number of aryl methyl sites for hydroxylation is 1. The van der Waals surface area contributed by atoms with Gasteiger partial charge in [0.25, 0.3) is 5.91 Å². The number of benzene rings is 4. The van der Waals surface area contributed by atoms with Crippen LogP contribution in [0.2, 0.25) is 0 Å². The number of ether oxygens (including phenoxy) is 1. The van der Waals surface area contributed by atoms with Gasteiger partial charge in [0, 0.05) is 22.2 Å². The number of anilines is 1. The monoisotopic (exact) mass is 557 g/mol. The molecule has 1 unspecified atom stereocenters. The summed E-state index contributed by atoms with van der Waals surface area (Å²) >= 11 is 1.64. The molecular formula is C34H27N3O3S. The van der Waals surface area contributed by atoms with Gasteiger partial charge in [-0.3, -0.25) is 4.79 Å². The molecule has 0 saturated carbocycles. The van der Waals surface area contributed by atoms with E-state index in [-0.39, 0.29) is 5.91 Å². The Hall–Kier alpha value is -4.88. The van der Waals surface area contributed by atoms with E-state index in [9.17, 15) is 9.59 Å². The van der Waals surface area contributed by atoms with Crippen molar-refractivity contribution < 1.29 is 14.3 Å². The molecule has 2 heterocycles. The Morgan fingerprint density at radius 3 is 2.37 bits per heavy atom. The average Bonchev–Trinajstić information content (AvgIpc) is 3.43. The molecule has 6 nitrogen and oxygen atoms in total. The Labute approximate surface area is 241 Å². The van der Waals surface area contributed by atoms with E-state index in [1.165, 1.54) is 5.56 Å². The molecule has 0 saturated heterocycles. The number of thiazole rings is 1. The van der Waals surface area contributed by atoms with Gasteiger partial charge in [0.15, 0.2) is 6.10 Å². The SMILES string of the molecule is CCC(OC(=O)c1cc(-c2ccccc2)nc2ccccc12)C(=O)Nc1ccc(-c2nc3ccc(C)cc3s2)cc1. The van der Waals surface area contributed by atoms with Crippen LogP contribution in [0.15, 0.2) is 103 Å². The summed E-state index contributed by atoms with van der Waals surface area (Å²) in [5.74, 6) is -0.949. The third kappa shape index (κ3) is 5.58. The van der Waals surface area contributed by atoms with Gasteiger partial charge in [-0.05, 0) is 67.4 Å². The molecule has 2 aromatic heterocycles. The third-order valence-corrected chi connectivity index (χ3v) is 7.93. The summed E-state index contributed by atoms with van der Waals surface area (Å²) < 4.78 is 6.91. The van der Waals surface area contributed by atoms with Crippen molar-refractivity contribution in [2.75, 3.05) is 5.32 Å². The van der Waals surface area contributed by atoms with Crippen LogP contribution in [0.1, 0.15) is 29.3 Å². The highest BCUT2D eigenvalue weighted by Crippen LogP contribution is 2.31. The lowest BCUT2D eigenvalue weighted by molar-refractivity contribution is -0.124. The summed E-state index contributed by atoms with van der Waals surface area (Å²) in [4.78, 5) is 36.1. The number of nitrogens with zero attached hydrogens (tertiary/aromatic N) is 2. The fourth-order valence-electron chi connectivity index (χ4n) is 4.69. The molecule has 202 valence electrons. The van der Waals surface area contributed by atoms with Crippen LogP contribution >= 0.6 is 11.3 Å². The lowest BCUT2D eigenvalue weighted by Gasteiger charge is -2.17. The lowest BCUT2D eigenvalue weighted by atomic mass is 10.0. The number of nitrogens with one attached hydrogen (secondary N) is 1. The largest absolute Gasteiger partial charge is 0.449 e. The minimum atomic E-state index is -0.957. The number of hydrogen-bond acceptors (Lipinski definition) is 6. The van der Waals surface area contributed by atoms with Crippen LogP contribution in [0.3, 0.4) is 0 Å². The van der Waals surface area contributed by atoms with Crippen LogP contribution in [-0.2, 0) is 9.53 Å². The molecule has 41 heavy (non-hydrogen) atoms. The molecule has 0 aliphatic carbocycles. The summed E-state index contributed by atoms with van der Waals surface area (Å²) in [7, 11) is 0. The van der Waals surface area contributed by atoms with Crippen LogP contribution in [0.5, 0.6) is 0 Å². The number of fused-ring (bicyclic) bond motifs is 2. The second-order valence-corrected chi connectivity index (χ2v) is 10.8. The van der Waals surface area contributed by atoms with Gasteiger partial charge in [-0.1, -0.05) is 61.5 Å². The number of carbonyl (C=O) groups is 2. The van der Waals surface area contributed by atoms with Crippen molar-refractivity contribution in [1.29, 1.82) is 0 Å². The van der Waals surface area contributed by atoms with Gasteiger partial charge in [-0.2, -0.15) is 0 Å². The number of aromatic nitrogens is 2. The Morgan fingerprint density at radius 1 is 0.829 bits per heavy atom. The maximum Gasteiger partial charge on any atom is 0.339 e. The van der Waals surface area contributed by atoms with Gasteiger partial charge >= 0.3 is 5.97 Å². The van der Waals surface area contributed by atoms with Crippen LogP contribution in [0.25, 0.3) is 42.9 Å². The summed E-state index contributed by atoms with van der Waals surface area (Å²) in [5.41, 5.74) is 6.37. The molecule has 0 aliphatic rings. The first kappa shape index (κ1) is 26.3. The van der Waals surface area contributed by atoms with Crippen molar-refractivity contribution in [1.82, 2.24) is 9.97 Å². The summed E-state index contributed by atoms with van der Waals surface area (Å²) in [5, 5.41) is 4.49. The first-order valence-electron chi connectivity index (χ1n) is 13.4. The third-order valence-electron chi connectivity index (χ3n) is 6.86. The minimum Gasteiger partial charge on any atom is -0.449 e. The molecule has 0 spiro atoms. The van der Waals surface area contributed by atoms with Crippen LogP contribution in [-0.4, -0.2) is 27.9 Å². The lowest BCUT2D eigenvalue weighted by Crippen LogP contribution is -2.32. The summed E-state index contributed by atoms with van der Waals surface area (Å²) in [6, 6.07) is 32.6. The number of para-hydroxylation sites is 1. The van der Waals surface area contributed by atoms with Crippen molar-refractivity contribution >= 4 is 50.0 Å². The number of amides is 1. The molecule has 1 atom stereocenters. The van der Waals surface area contributed by atoms with Crippen LogP contribution < -0.4 is 5.32 Å². The zero-order valence-electron chi connectivity index (χ0n) is 22.6. The quantitative estimate of drug-likeness (QED) is 0.201. The van der Waals surface area contributed by atoms with E-state index < -0.39 is 12.1 Å². The smallest absolute Gasteiger partial charge is 0.339 e. The Bertz CT molecular complexity index is 1880. The zero-order chi connectivity index (χ0) is 28.3. The maximum absolute atomic E-state index is 13.4. The van der Waals surface area contributed by atoms with Crippen molar-refractivity contribution in [2.24, 2.45) is 0 Å². The van der Waals surface area contributed by atoms with Crippen molar-refractivity contribution in [2.45, 2.75) is 26.4 Å². The number of carbonyl (C=O) groups excluding carboxylic acids is 2. The van der Waals surface area contributed by atoms with Crippen LogP contribution in [0, 0.1) is 6.92 Å². The van der Waals surface area contributed by atoms with E-state index in [1.807, 2.05) is 91.9 Å². The maximum atomic E-state index is 13.4. The van der Waals surface area contributed by atoms with E-state index in [0.717, 1.165) is 26.4 Å². The van der Waals surface area contributed by atoms with E-state index in [2.05, 4.69) is 24.4 Å². The van der Waals surface area contributed by atoms with Crippen LogP contribution in [0.4, 0.5) is 5.69 Å². The topological polar surface area (TPSA) is 81.2 Å². The highest BCUT2D eigenvalue weighted by molar-refractivity contribution is 7.21. The standard InChI is InChI=1S/C34H27N3O3S/c1-3-30(32(38)35-24-16-14-23(15-17-24)33-37-28-18-13-21(2)19-31(28)41-33)40-34(39)26-20-29(22-9-5-4-6-10-22)36-27-12-8-7-11-25(26)27/h4-20,30H,3H2,1-2H3,(H,35,38). The number of esters is 1. The summed E-state index contributed by atoms with van der Waals surface area (Å²) in [6.45, 7) is 3.88. The Morgan fingerprint density at radius 2 is 1.59 bits per heavy atom. The van der Waals surface area contributed by atoms with E-state index in [1.54, 1.807) is 17.4 Å². The van der Waals surface area contributed by atoms with Gasteiger partial charge in [0.1, 0.15) is 5.01 Å². The highest BCUT2D eigenvalue weighted by Gasteiger charge is 2.24. The van der Waals surface area contributed by atoms with Gasteiger partial charge < -0.3 is 10.1 Å². The van der Waals surface area contributed by atoms with Gasteiger partial charge in [-0.15, -0.1) is 11.3 Å². The first-order valence-corrected chi connectivity index (χ1v) is 14.2. The van der Waals surface area contributed by atoms with Crippen molar-refractivity contribution in [3.8, 4) is 21.8 Å². The zero-order valence-corrected chi connectivity index (χ0v) is 23.4. The van der Waals surface area contributed by atoms with Gasteiger partial charge in [0.2, 0.25) is 0 Å². The molecule has 0 radical (unpaired) electrons. The molecule has 4 aromatic carbocycles. The van der Waals surface area contributed by atoms with Gasteiger partial charge in [0.05, 0.1) is 27.0 Å². The Kier molecular flexibility index (Phi) is 7.27. The molecule has 7 heteroatoms.